The highest BCUT2D eigenvalue weighted by molar-refractivity contribution is 14.0. The van der Waals surface area contributed by atoms with Crippen LogP contribution in [0.5, 0.6) is 0 Å². The SMILES string of the molecule is CCN(CC)C(CNC(=NC)NCCNC(=O)C1CC1)c1ccccc1.I. The molecule has 0 heterocycles. The quantitative estimate of drug-likeness (QED) is 0.205. The molecule has 0 saturated heterocycles. The fraction of sp³-hybridized carbons (Fsp3) is 0.600. The minimum atomic E-state index is 0. The molecule has 27 heavy (non-hydrogen) atoms. The van der Waals surface area contributed by atoms with Gasteiger partial charge < -0.3 is 16.0 Å². The smallest absolute Gasteiger partial charge is 0.223 e. The Bertz CT molecular complexity index is 573. The van der Waals surface area contributed by atoms with Crippen molar-refractivity contribution in [1.82, 2.24) is 20.9 Å². The first kappa shape index (κ1) is 23.7. The normalized spacial score (nSPS) is 15.0. The summed E-state index contributed by atoms with van der Waals surface area (Å²) in [6.07, 6.45) is 2.07. The number of halogens is 1. The fourth-order valence-corrected chi connectivity index (χ4v) is 3.07. The Kier molecular flexibility index (Phi) is 11.3. The van der Waals surface area contributed by atoms with Crippen LogP contribution >= 0.6 is 24.0 Å². The summed E-state index contributed by atoms with van der Waals surface area (Å²) in [6, 6.07) is 10.9. The molecule has 1 saturated carbocycles. The van der Waals surface area contributed by atoms with Crippen LogP contribution in [0.15, 0.2) is 35.3 Å². The lowest BCUT2D eigenvalue weighted by molar-refractivity contribution is -0.122. The maximum absolute atomic E-state index is 11.6. The highest BCUT2D eigenvalue weighted by atomic mass is 127. The molecule has 1 atom stereocenters. The van der Waals surface area contributed by atoms with Gasteiger partial charge in [-0.15, -0.1) is 24.0 Å². The van der Waals surface area contributed by atoms with E-state index in [1.165, 1.54) is 5.56 Å². The van der Waals surface area contributed by atoms with Crippen LogP contribution in [0.25, 0.3) is 0 Å². The number of carbonyl (C=O) groups is 1. The van der Waals surface area contributed by atoms with E-state index in [1.54, 1.807) is 7.05 Å². The number of amides is 1. The largest absolute Gasteiger partial charge is 0.355 e. The molecular weight excluding hydrogens is 453 g/mol. The summed E-state index contributed by atoms with van der Waals surface area (Å²) in [6.45, 7) is 8.44. The van der Waals surface area contributed by atoms with E-state index in [9.17, 15) is 4.79 Å². The van der Waals surface area contributed by atoms with Crippen molar-refractivity contribution in [2.45, 2.75) is 32.7 Å². The Morgan fingerprint density at radius 3 is 2.30 bits per heavy atom. The van der Waals surface area contributed by atoms with Gasteiger partial charge in [0.15, 0.2) is 5.96 Å². The third-order valence-corrected chi connectivity index (χ3v) is 4.79. The summed E-state index contributed by atoms with van der Waals surface area (Å²) >= 11 is 0. The molecule has 1 aromatic rings. The molecule has 2 rings (SSSR count). The molecule has 1 unspecified atom stereocenters. The van der Waals surface area contributed by atoms with Crippen LogP contribution in [-0.2, 0) is 4.79 Å². The van der Waals surface area contributed by atoms with E-state index in [2.05, 4.69) is 64.0 Å². The van der Waals surface area contributed by atoms with Gasteiger partial charge in [-0.1, -0.05) is 44.2 Å². The van der Waals surface area contributed by atoms with Crippen molar-refractivity contribution < 1.29 is 4.79 Å². The van der Waals surface area contributed by atoms with Gasteiger partial charge in [-0.2, -0.15) is 0 Å². The van der Waals surface area contributed by atoms with E-state index in [0.717, 1.165) is 38.4 Å². The molecule has 6 nitrogen and oxygen atoms in total. The minimum Gasteiger partial charge on any atom is -0.355 e. The zero-order valence-electron chi connectivity index (χ0n) is 16.7. The minimum absolute atomic E-state index is 0. The van der Waals surface area contributed by atoms with Crippen LogP contribution in [-0.4, -0.2) is 56.5 Å². The van der Waals surface area contributed by atoms with Crippen LogP contribution in [0, 0.1) is 5.92 Å². The Morgan fingerprint density at radius 2 is 1.74 bits per heavy atom. The van der Waals surface area contributed by atoms with Gasteiger partial charge in [0.25, 0.3) is 0 Å². The Hall–Kier alpha value is -1.35. The summed E-state index contributed by atoms with van der Waals surface area (Å²) in [5.74, 6) is 1.20. The van der Waals surface area contributed by atoms with Gasteiger partial charge in [-0.3, -0.25) is 14.7 Å². The van der Waals surface area contributed by atoms with Gasteiger partial charge >= 0.3 is 0 Å². The van der Waals surface area contributed by atoms with Crippen molar-refractivity contribution in [1.29, 1.82) is 0 Å². The monoisotopic (exact) mass is 487 g/mol. The van der Waals surface area contributed by atoms with E-state index in [0.29, 0.717) is 19.1 Å². The summed E-state index contributed by atoms with van der Waals surface area (Å²) in [5, 5.41) is 9.66. The van der Waals surface area contributed by atoms with Crippen LogP contribution in [0.4, 0.5) is 0 Å². The van der Waals surface area contributed by atoms with Crippen molar-refractivity contribution in [3.63, 3.8) is 0 Å². The number of nitrogens with one attached hydrogen (secondary N) is 3. The molecule has 0 spiro atoms. The molecule has 0 bridgehead atoms. The summed E-state index contributed by atoms with van der Waals surface area (Å²) in [7, 11) is 1.77. The molecule has 0 aliphatic heterocycles. The molecule has 0 aromatic heterocycles. The van der Waals surface area contributed by atoms with E-state index < -0.39 is 0 Å². The molecule has 7 heteroatoms. The van der Waals surface area contributed by atoms with Crippen LogP contribution in [0.2, 0.25) is 0 Å². The van der Waals surface area contributed by atoms with Crippen LogP contribution in [0.1, 0.15) is 38.3 Å². The first-order valence-electron chi connectivity index (χ1n) is 9.70. The number of hydrogen-bond donors (Lipinski definition) is 3. The maximum Gasteiger partial charge on any atom is 0.223 e. The zero-order valence-corrected chi connectivity index (χ0v) is 19.0. The van der Waals surface area contributed by atoms with Crippen molar-refractivity contribution >= 4 is 35.8 Å². The number of aliphatic imine (C=N–C) groups is 1. The van der Waals surface area contributed by atoms with Gasteiger partial charge in [-0.25, -0.2) is 0 Å². The van der Waals surface area contributed by atoms with Crippen LogP contribution in [0.3, 0.4) is 0 Å². The Morgan fingerprint density at radius 1 is 1.11 bits per heavy atom. The summed E-state index contributed by atoms with van der Waals surface area (Å²) in [4.78, 5) is 18.4. The topological polar surface area (TPSA) is 68.8 Å². The third kappa shape index (κ3) is 8.04. The lowest BCUT2D eigenvalue weighted by Gasteiger charge is -2.30. The molecule has 0 radical (unpaired) electrons. The van der Waals surface area contributed by atoms with Crippen molar-refractivity contribution in [3.8, 4) is 0 Å². The highest BCUT2D eigenvalue weighted by Gasteiger charge is 2.29. The highest BCUT2D eigenvalue weighted by Crippen LogP contribution is 2.28. The van der Waals surface area contributed by atoms with E-state index in [-0.39, 0.29) is 35.8 Å². The van der Waals surface area contributed by atoms with Gasteiger partial charge in [0.05, 0.1) is 6.04 Å². The lowest BCUT2D eigenvalue weighted by Crippen LogP contribution is -2.45. The second kappa shape index (κ2) is 12.9. The number of carbonyl (C=O) groups excluding carboxylic acids is 1. The number of rotatable bonds is 10. The summed E-state index contributed by atoms with van der Waals surface area (Å²) in [5.41, 5.74) is 1.30. The molecule has 1 aliphatic rings. The molecule has 3 N–H and O–H groups in total. The third-order valence-electron chi connectivity index (χ3n) is 4.79. The van der Waals surface area contributed by atoms with Gasteiger partial charge in [0.2, 0.25) is 5.91 Å². The van der Waals surface area contributed by atoms with Crippen molar-refractivity contribution in [2.75, 3.05) is 39.8 Å². The predicted octanol–water partition coefficient (Wildman–Crippen LogP) is 2.38. The van der Waals surface area contributed by atoms with Crippen molar-refractivity contribution in [3.05, 3.63) is 35.9 Å². The van der Waals surface area contributed by atoms with E-state index in [4.69, 9.17) is 0 Å². The van der Waals surface area contributed by atoms with E-state index >= 15 is 0 Å². The summed E-state index contributed by atoms with van der Waals surface area (Å²) < 4.78 is 0. The molecule has 1 aliphatic carbocycles. The predicted molar refractivity (Wildman–Crippen MR) is 123 cm³/mol. The zero-order chi connectivity index (χ0) is 18.8. The fourth-order valence-electron chi connectivity index (χ4n) is 3.07. The maximum atomic E-state index is 11.6. The molecule has 1 amide bonds. The average molecular weight is 487 g/mol. The second-order valence-corrected chi connectivity index (χ2v) is 6.59. The second-order valence-electron chi connectivity index (χ2n) is 6.59. The van der Waals surface area contributed by atoms with Gasteiger partial charge in [0, 0.05) is 32.6 Å². The van der Waals surface area contributed by atoms with E-state index in [1.807, 2.05) is 6.07 Å². The molecular formula is C20H34IN5O. The van der Waals surface area contributed by atoms with Crippen LogP contribution < -0.4 is 16.0 Å². The Balaban J connectivity index is 0.00000364. The number of nitrogens with zero attached hydrogens (tertiary/aromatic N) is 2. The number of guanidine groups is 1. The van der Waals surface area contributed by atoms with Crippen molar-refractivity contribution in [2.24, 2.45) is 10.9 Å². The molecule has 1 aromatic carbocycles. The lowest BCUT2D eigenvalue weighted by atomic mass is 10.1. The Labute approximate surface area is 180 Å². The molecule has 152 valence electrons. The average Bonchev–Trinajstić information content (AvgIpc) is 3.52. The van der Waals surface area contributed by atoms with Gasteiger partial charge in [0.1, 0.15) is 0 Å². The first-order valence-corrected chi connectivity index (χ1v) is 9.70. The molecule has 1 fully saturated rings. The number of likely N-dealkylation sites (N-methyl/N-ethyl adjacent to an activating group) is 1. The first-order chi connectivity index (χ1) is 12.7. The number of hydrogen-bond acceptors (Lipinski definition) is 3. The van der Waals surface area contributed by atoms with Gasteiger partial charge in [-0.05, 0) is 31.5 Å². The number of benzene rings is 1. The standard InChI is InChI=1S/C20H33N5O.HI/c1-4-25(5-2)18(16-9-7-6-8-10-16)15-24-20(21-3)23-14-13-22-19(26)17-11-12-17;/h6-10,17-18H,4-5,11-15H2,1-3H3,(H,22,26)(H2,21,23,24);1H.